The van der Waals surface area contributed by atoms with E-state index in [1.54, 1.807) is 11.8 Å². The fraction of sp³-hybridized carbons (Fsp3) is 0.583. The molecule has 3 rings (SSSR count). The van der Waals surface area contributed by atoms with E-state index in [-0.39, 0.29) is 11.1 Å². The van der Waals surface area contributed by atoms with Crippen LogP contribution < -0.4 is 5.73 Å². The Kier molecular flexibility index (Phi) is 4.42. The molecule has 0 aromatic carbocycles. The molecule has 8 nitrogen and oxygen atoms in total. The summed E-state index contributed by atoms with van der Waals surface area (Å²) in [6.07, 6.45) is -1.88. The van der Waals surface area contributed by atoms with Gasteiger partial charge >= 0.3 is 0 Å². The zero-order chi connectivity index (χ0) is 15.9. The number of imidazole rings is 1. The smallest absolute Gasteiger partial charge is 0.226 e. The summed E-state index contributed by atoms with van der Waals surface area (Å²) in [4.78, 5) is 12.0. The van der Waals surface area contributed by atoms with Gasteiger partial charge in [0.15, 0.2) is 17.7 Å². The average molecular weight is 346 g/mol. The highest BCUT2D eigenvalue weighted by Gasteiger charge is 2.44. The Morgan fingerprint density at radius 2 is 2.18 bits per heavy atom. The van der Waals surface area contributed by atoms with Crippen molar-refractivity contribution in [2.75, 3.05) is 17.2 Å². The largest absolute Gasteiger partial charge is 0.387 e. The van der Waals surface area contributed by atoms with E-state index in [0.29, 0.717) is 16.9 Å². The van der Waals surface area contributed by atoms with E-state index in [9.17, 15) is 10.2 Å². The van der Waals surface area contributed by atoms with Gasteiger partial charge in [-0.1, -0.05) is 6.92 Å². The van der Waals surface area contributed by atoms with Gasteiger partial charge in [-0.3, -0.25) is 4.57 Å². The lowest BCUT2D eigenvalue weighted by atomic mass is 10.1. The van der Waals surface area contributed by atoms with Crippen LogP contribution in [-0.2, 0) is 4.74 Å². The summed E-state index contributed by atoms with van der Waals surface area (Å²) in [6, 6.07) is 0. The molecule has 0 saturated carbocycles. The SMILES string of the molecule is CCSC[C@H]1O[C@@H](n2cnc3c(N)nc(Cl)nc32)C(O)C1O. The summed E-state index contributed by atoms with van der Waals surface area (Å²) in [6.45, 7) is 2.02. The summed E-state index contributed by atoms with van der Waals surface area (Å²) in [5, 5.41) is 20.4. The van der Waals surface area contributed by atoms with E-state index in [1.165, 1.54) is 10.9 Å². The molecule has 1 saturated heterocycles. The number of thioether (sulfide) groups is 1. The highest BCUT2D eigenvalue weighted by atomic mass is 35.5. The van der Waals surface area contributed by atoms with E-state index >= 15 is 0 Å². The molecule has 2 unspecified atom stereocenters. The third kappa shape index (κ3) is 2.63. The van der Waals surface area contributed by atoms with Gasteiger partial charge in [0.2, 0.25) is 5.28 Å². The highest BCUT2D eigenvalue weighted by Crippen LogP contribution is 2.33. The maximum absolute atomic E-state index is 10.3. The molecule has 0 bridgehead atoms. The summed E-state index contributed by atoms with van der Waals surface area (Å²) in [5.41, 5.74) is 6.49. The van der Waals surface area contributed by atoms with Crippen molar-refractivity contribution in [2.24, 2.45) is 0 Å². The van der Waals surface area contributed by atoms with Crippen molar-refractivity contribution in [2.45, 2.75) is 31.5 Å². The van der Waals surface area contributed by atoms with Gasteiger partial charge in [-0.25, -0.2) is 4.98 Å². The van der Waals surface area contributed by atoms with Gasteiger partial charge in [0.1, 0.15) is 17.7 Å². The van der Waals surface area contributed by atoms with E-state index in [0.717, 1.165) is 5.75 Å². The third-order valence-electron chi connectivity index (χ3n) is 3.52. The van der Waals surface area contributed by atoms with Gasteiger partial charge in [0.05, 0.1) is 12.4 Å². The van der Waals surface area contributed by atoms with Gasteiger partial charge in [-0.15, -0.1) is 0 Å². The Labute approximate surface area is 135 Å². The molecule has 10 heteroatoms. The van der Waals surface area contributed by atoms with Crippen molar-refractivity contribution < 1.29 is 14.9 Å². The van der Waals surface area contributed by atoms with Crippen molar-refractivity contribution in [3.8, 4) is 0 Å². The number of anilines is 1. The molecule has 0 spiro atoms. The van der Waals surface area contributed by atoms with Crippen LogP contribution in [0.2, 0.25) is 5.28 Å². The first kappa shape index (κ1) is 15.8. The number of nitrogen functional groups attached to an aromatic ring is 1. The Bertz CT molecular complexity index is 684. The maximum Gasteiger partial charge on any atom is 0.226 e. The molecule has 1 fully saturated rings. The van der Waals surface area contributed by atoms with Crippen LogP contribution in [0.4, 0.5) is 5.82 Å². The van der Waals surface area contributed by atoms with Crippen LogP contribution in [-0.4, -0.2) is 59.5 Å². The lowest BCUT2D eigenvalue weighted by Gasteiger charge is -2.16. The standard InChI is InChI=1S/C12H16ClN5O3S/c1-2-22-3-5-7(19)8(20)11(21-5)18-4-15-6-9(14)16-12(13)17-10(6)18/h4-5,7-8,11,19-20H,2-3H2,1H3,(H2,14,16,17)/t5-,7?,8?,11-/m1/s1. The molecule has 3 heterocycles. The summed E-state index contributed by atoms with van der Waals surface area (Å²) >= 11 is 7.45. The van der Waals surface area contributed by atoms with Crippen LogP contribution in [0.15, 0.2) is 6.33 Å². The number of hydrogen-bond acceptors (Lipinski definition) is 8. The first-order valence-electron chi connectivity index (χ1n) is 6.77. The van der Waals surface area contributed by atoms with Gasteiger partial charge in [0, 0.05) is 5.75 Å². The predicted octanol–water partition coefficient (Wildman–Crippen LogP) is 0.434. The first-order chi connectivity index (χ1) is 10.5. The quantitative estimate of drug-likeness (QED) is 0.683. The number of halogens is 1. The second-order valence-electron chi connectivity index (χ2n) is 4.91. The molecule has 4 N–H and O–H groups in total. The van der Waals surface area contributed by atoms with Crippen molar-refractivity contribution in [1.29, 1.82) is 0 Å². The topological polar surface area (TPSA) is 119 Å². The van der Waals surface area contributed by atoms with Gasteiger partial charge in [0.25, 0.3) is 0 Å². The lowest BCUT2D eigenvalue weighted by molar-refractivity contribution is -0.0288. The average Bonchev–Trinajstić information content (AvgIpc) is 3.00. The van der Waals surface area contributed by atoms with Gasteiger partial charge in [-0.05, 0) is 17.4 Å². The molecule has 0 aliphatic carbocycles. The molecule has 22 heavy (non-hydrogen) atoms. The number of ether oxygens (including phenoxy) is 1. The number of hydrogen-bond donors (Lipinski definition) is 3. The van der Waals surface area contributed by atoms with Gasteiger partial charge in [-0.2, -0.15) is 21.7 Å². The lowest BCUT2D eigenvalue weighted by Crippen LogP contribution is -2.32. The monoisotopic (exact) mass is 345 g/mol. The number of aliphatic hydroxyl groups is 2. The van der Waals surface area contributed by atoms with Crippen LogP contribution >= 0.6 is 23.4 Å². The molecule has 120 valence electrons. The second-order valence-corrected chi connectivity index (χ2v) is 6.56. The van der Waals surface area contributed by atoms with Crippen molar-refractivity contribution >= 4 is 40.3 Å². The minimum absolute atomic E-state index is 0.0159. The molecule has 2 aromatic heterocycles. The van der Waals surface area contributed by atoms with E-state index in [2.05, 4.69) is 15.0 Å². The highest BCUT2D eigenvalue weighted by molar-refractivity contribution is 7.99. The van der Waals surface area contributed by atoms with E-state index < -0.39 is 24.5 Å². The predicted molar refractivity (Wildman–Crippen MR) is 83.7 cm³/mol. The molecular weight excluding hydrogens is 330 g/mol. The zero-order valence-electron chi connectivity index (χ0n) is 11.8. The second kappa shape index (κ2) is 6.17. The molecule has 0 radical (unpaired) electrons. The number of nitrogens with two attached hydrogens (primary N) is 1. The molecule has 2 aromatic rings. The Morgan fingerprint density at radius 3 is 2.91 bits per heavy atom. The Hall–Kier alpha value is -1.13. The van der Waals surface area contributed by atoms with Crippen LogP contribution in [0, 0.1) is 0 Å². The number of nitrogens with zero attached hydrogens (tertiary/aromatic N) is 4. The summed E-state index contributed by atoms with van der Waals surface area (Å²) in [5.74, 6) is 1.65. The minimum atomic E-state index is -1.09. The number of aliphatic hydroxyl groups excluding tert-OH is 2. The van der Waals surface area contributed by atoms with Gasteiger partial charge < -0.3 is 20.7 Å². The minimum Gasteiger partial charge on any atom is -0.387 e. The Balaban J connectivity index is 1.94. The van der Waals surface area contributed by atoms with Crippen LogP contribution in [0.1, 0.15) is 13.2 Å². The number of aromatic nitrogens is 4. The summed E-state index contributed by atoms with van der Waals surface area (Å²) < 4.78 is 7.30. The molecular formula is C12H16ClN5O3S. The van der Waals surface area contributed by atoms with Crippen molar-refractivity contribution in [1.82, 2.24) is 19.5 Å². The summed E-state index contributed by atoms with van der Waals surface area (Å²) in [7, 11) is 0. The third-order valence-corrected chi connectivity index (χ3v) is 4.66. The van der Waals surface area contributed by atoms with E-state index in [4.69, 9.17) is 22.1 Å². The van der Waals surface area contributed by atoms with Crippen LogP contribution in [0.25, 0.3) is 11.2 Å². The maximum atomic E-state index is 10.3. The fourth-order valence-corrected chi connectivity index (χ4v) is 3.34. The van der Waals surface area contributed by atoms with Crippen LogP contribution in [0.3, 0.4) is 0 Å². The molecule has 1 aliphatic rings. The first-order valence-corrected chi connectivity index (χ1v) is 8.31. The zero-order valence-corrected chi connectivity index (χ0v) is 13.3. The van der Waals surface area contributed by atoms with E-state index in [1.807, 2.05) is 6.92 Å². The fourth-order valence-electron chi connectivity index (χ4n) is 2.43. The number of fused-ring (bicyclic) bond motifs is 1. The Morgan fingerprint density at radius 1 is 1.41 bits per heavy atom. The molecule has 4 atom stereocenters. The molecule has 1 aliphatic heterocycles. The molecule has 0 amide bonds. The van der Waals surface area contributed by atoms with Crippen LogP contribution in [0.5, 0.6) is 0 Å². The number of rotatable bonds is 4. The van der Waals surface area contributed by atoms with Crippen molar-refractivity contribution in [3.63, 3.8) is 0 Å². The normalized spacial score (nSPS) is 28.5. The van der Waals surface area contributed by atoms with Crippen molar-refractivity contribution in [3.05, 3.63) is 11.6 Å².